The standard InChI is InChI=1S/C17H25NO3/c1-13(16(20)21)18(12-14-8-6-5-7-9-14)15(19)10-11-17(2,3)4/h5-9,13H,10-12H2,1-4H3,(H,20,21). The van der Waals surface area contributed by atoms with E-state index in [1.165, 1.54) is 4.90 Å². The number of amides is 1. The molecule has 0 spiro atoms. The molecule has 0 heterocycles. The second-order valence-electron chi connectivity index (χ2n) is 6.58. The summed E-state index contributed by atoms with van der Waals surface area (Å²) in [7, 11) is 0. The summed E-state index contributed by atoms with van der Waals surface area (Å²) in [4.78, 5) is 25.1. The van der Waals surface area contributed by atoms with Gasteiger partial charge in [0.2, 0.25) is 5.91 Å². The molecule has 1 rings (SSSR count). The van der Waals surface area contributed by atoms with Crippen LogP contribution in [0.4, 0.5) is 0 Å². The summed E-state index contributed by atoms with van der Waals surface area (Å²) in [6.45, 7) is 8.10. The molecular formula is C17H25NO3. The van der Waals surface area contributed by atoms with E-state index in [2.05, 4.69) is 20.8 Å². The van der Waals surface area contributed by atoms with Crippen molar-refractivity contribution >= 4 is 11.9 Å². The Morgan fingerprint density at radius 3 is 2.24 bits per heavy atom. The smallest absolute Gasteiger partial charge is 0.326 e. The van der Waals surface area contributed by atoms with E-state index < -0.39 is 12.0 Å². The number of rotatable bonds is 6. The maximum Gasteiger partial charge on any atom is 0.326 e. The van der Waals surface area contributed by atoms with Gasteiger partial charge in [-0.2, -0.15) is 0 Å². The van der Waals surface area contributed by atoms with Crippen LogP contribution < -0.4 is 0 Å². The van der Waals surface area contributed by atoms with Gasteiger partial charge in [-0.1, -0.05) is 51.1 Å². The maximum atomic E-state index is 12.4. The normalized spacial score (nSPS) is 12.8. The summed E-state index contributed by atoms with van der Waals surface area (Å²) in [6, 6.07) is 8.65. The molecule has 0 radical (unpaired) electrons. The van der Waals surface area contributed by atoms with E-state index in [4.69, 9.17) is 0 Å². The molecule has 0 saturated heterocycles. The number of carboxylic acids is 1. The zero-order valence-corrected chi connectivity index (χ0v) is 13.3. The molecule has 0 aliphatic heterocycles. The van der Waals surface area contributed by atoms with Crippen LogP contribution in [0.15, 0.2) is 30.3 Å². The van der Waals surface area contributed by atoms with Crippen LogP contribution in [0.3, 0.4) is 0 Å². The van der Waals surface area contributed by atoms with Gasteiger partial charge in [-0.05, 0) is 24.3 Å². The van der Waals surface area contributed by atoms with E-state index in [1.807, 2.05) is 30.3 Å². The molecule has 0 bridgehead atoms. The Hall–Kier alpha value is -1.84. The number of carbonyl (C=O) groups is 2. The Bertz CT molecular complexity index is 477. The average molecular weight is 291 g/mol. The van der Waals surface area contributed by atoms with Crippen LogP contribution in [0.25, 0.3) is 0 Å². The van der Waals surface area contributed by atoms with Crippen LogP contribution in [0.2, 0.25) is 0 Å². The second-order valence-corrected chi connectivity index (χ2v) is 6.58. The van der Waals surface area contributed by atoms with Crippen LogP contribution in [0.5, 0.6) is 0 Å². The van der Waals surface area contributed by atoms with Crippen molar-refractivity contribution in [1.82, 2.24) is 4.90 Å². The Balaban J connectivity index is 2.82. The minimum Gasteiger partial charge on any atom is -0.480 e. The van der Waals surface area contributed by atoms with E-state index in [1.54, 1.807) is 6.92 Å². The third-order valence-electron chi connectivity index (χ3n) is 3.43. The van der Waals surface area contributed by atoms with Gasteiger partial charge in [0.15, 0.2) is 0 Å². The van der Waals surface area contributed by atoms with Gasteiger partial charge in [0.05, 0.1) is 0 Å². The van der Waals surface area contributed by atoms with Crippen molar-refractivity contribution in [2.24, 2.45) is 5.41 Å². The first-order valence-electron chi connectivity index (χ1n) is 7.27. The number of carboxylic acid groups (broad SMARTS) is 1. The zero-order valence-electron chi connectivity index (χ0n) is 13.3. The number of aliphatic carboxylic acids is 1. The largest absolute Gasteiger partial charge is 0.480 e. The fourth-order valence-corrected chi connectivity index (χ4v) is 1.98. The van der Waals surface area contributed by atoms with Crippen molar-refractivity contribution in [3.8, 4) is 0 Å². The molecule has 4 nitrogen and oxygen atoms in total. The third-order valence-corrected chi connectivity index (χ3v) is 3.43. The fourth-order valence-electron chi connectivity index (χ4n) is 1.98. The van der Waals surface area contributed by atoms with E-state index in [9.17, 15) is 14.7 Å². The van der Waals surface area contributed by atoms with Gasteiger partial charge in [-0.3, -0.25) is 4.79 Å². The Labute approximate surface area is 126 Å². The number of hydrogen-bond acceptors (Lipinski definition) is 2. The molecule has 0 aliphatic carbocycles. The molecule has 4 heteroatoms. The third kappa shape index (κ3) is 5.98. The van der Waals surface area contributed by atoms with Gasteiger partial charge in [-0.25, -0.2) is 4.79 Å². The van der Waals surface area contributed by atoms with E-state index >= 15 is 0 Å². The summed E-state index contributed by atoms with van der Waals surface area (Å²) < 4.78 is 0. The summed E-state index contributed by atoms with van der Waals surface area (Å²) in [5.74, 6) is -1.08. The van der Waals surface area contributed by atoms with Gasteiger partial charge < -0.3 is 10.0 Å². The minimum absolute atomic E-state index is 0.0561. The molecule has 21 heavy (non-hydrogen) atoms. The van der Waals surface area contributed by atoms with Crippen LogP contribution in [-0.4, -0.2) is 27.9 Å². The molecule has 1 N–H and O–H groups in total. The van der Waals surface area contributed by atoms with E-state index in [-0.39, 0.29) is 11.3 Å². The van der Waals surface area contributed by atoms with Crippen molar-refractivity contribution < 1.29 is 14.7 Å². The summed E-state index contributed by atoms with van der Waals surface area (Å²) >= 11 is 0. The summed E-state index contributed by atoms with van der Waals surface area (Å²) in [6.07, 6.45) is 1.11. The number of benzene rings is 1. The predicted octanol–water partition coefficient (Wildman–Crippen LogP) is 3.31. The first-order valence-corrected chi connectivity index (χ1v) is 7.27. The number of hydrogen-bond donors (Lipinski definition) is 1. The Kier molecular flexibility index (Phi) is 5.94. The Morgan fingerprint density at radius 1 is 1.19 bits per heavy atom. The molecule has 0 fully saturated rings. The van der Waals surface area contributed by atoms with E-state index in [0.29, 0.717) is 13.0 Å². The lowest BCUT2D eigenvalue weighted by molar-refractivity contribution is -0.150. The predicted molar refractivity (Wildman–Crippen MR) is 82.8 cm³/mol. The number of nitrogens with zero attached hydrogens (tertiary/aromatic N) is 1. The van der Waals surface area contributed by atoms with Gasteiger partial charge in [0.1, 0.15) is 6.04 Å². The lowest BCUT2D eigenvalue weighted by Crippen LogP contribution is -2.42. The zero-order chi connectivity index (χ0) is 16.0. The van der Waals surface area contributed by atoms with Crippen LogP contribution >= 0.6 is 0 Å². The molecule has 0 saturated carbocycles. The van der Waals surface area contributed by atoms with Crippen LogP contribution in [-0.2, 0) is 16.1 Å². The lowest BCUT2D eigenvalue weighted by atomic mass is 9.90. The van der Waals surface area contributed by atoms with Crippen molar-refractivity contribution in [1.29, 1.82) is 0 Å². The van der Waals surface area contributed by atoms with Crippen molar-refractivity contribution in [2.45, 2.75) is 53.1 Å². The molecule has 1 unspecified atom stereocenters. The van der Waals surface area contributed by atoms with Gasteiger partial charge in [0, 0.05) is 13.0 Å². The van der Waals surface area contributed by atoms with Crippen LogP contribution in [0.1, 0.15) is 46.1 Å². The lowest BCUT2D eigenvalue weighted by Gasteiger charge is -2.28. The quantitative estimate of drug-likeness (QED) is 0.874. The fraction of sp³-hybridized carbons (Fsp3) is 0.529. The molecule has 1 amide bonds. The minimum atomic E-state index is -0.977. The highest BCUT2D eigenvalue weighted by atomic mass is 16.4. The highest BCUT2D eigenvalue weighted by Crippen LogP contribution is 2.22. The molecule has 1 aromatic carbocycles. The highest BCUT2D eigenvalue weighted by molar-refractivity contribution is 5.83. The van der Waals surface area contributed by atoms with Crippen molar-refractivity contribution in [3.05, 3.63) is 35.9 Å². The summed E-state index contributed by atoms with van der Waals surface area (Å²) in [5, 5.41) is 9.21. The van der Waals surface area contributed by atoms with Gasteiger partial charge >= 0.3 is 5.97 Å². The van der Waals surface area contributed by atoms with Gasteiger partial charge in [-0.15, -0.1) is 0 Å². The topological polar surface area (TPSA) is 57.6 Å². The Morgan fingerprint density at radius 2 is 1.76 bits per heavy atom. The average Bonchev–Trinajstić information content (AvgIpc) is 2.41. The first-order chi connectivity index (χ1) is 9.70. The SMILES string of the molecule is CC(C(=O)O)N(Cc1ccccc1)C(=O)CCC(C)(C)C. The molecule has 1 atom stereocenters. The molecule has 0 aliphatic rings. The molecule has 0 aromatic heterocycles. The maximum absolute atomic E-state index is 12.4. The molecule has 1 aromatic rings. The molecule has 116 valence electrons. The van der Waals surface area contributed by atoms with Gasteiger partial charge in [0.25, 0.3) is 0 Å². The molecular weight excluding hydrogens is 266 g/mol. The van der Waals surface area contributed by atoms with Crippen molar-refractivity contribution in [2.75, 3.05) is 0 Å². The van der Waals surface area contributed by atoms with E-state index in [0.717, 1.165) is 12.0 Å². The first kappa shape index (κ1) is 17.2. The second kappa shape index (κ2) is 7.25. The van der Waals surface area contributed by atoms with Crippen LogP contribution in [0, 0.1) is 5.41 Å². The highest BCUT2D eigenvalue weighted by Gasteiger charge is 2.26. The number of carbonyl (C=O) groups excluding carboxylic acids is 1. The summed E-state index contributed by atoms with van der Waals surface area (Å²) in [5.41, 5.74) is 0.996. The van der Waals surface area contributed by atoms with Crippen molar-refractivity contribution in [3.63, 3.8) is 0 Å². The monoisotopic (exact) mass is 291 g/mol.